The molecule has 0 bridgehead atoms. The first kappa shape index (κ1) is 18.6. The Balaban J connectivity index is 1.80. The van der Waals surface area contributed by atoms with Crippen molar-refractivity contribution < 1.29 is 18.7 Å². The minimum Gasteiger partial charge on any atom is -0.380 e. The first-order chi connectivity index (χ1) is 12.6. The Morgan fingerprint density at radius 2 is 2.12 bits per heavy atom. The second-order valence-corrected chi connectivity index (χ2v) is 6.44. The van der Waals surface area contributed by atoms with Gasteiger partial charge in [0.1, 0.15) is 5.82 Å². The molecule has 138 valence electrons. The second-order valence-electron chi connectivity index (χ2n) is 6.00. The zero-order valence-corrected chi connectivity index (χ0v) is 15.1. The number of halogens is 2. The summed E-state index contributed by atoms with van der Waals surface area (Å²) in [6, 6.07) is 10.8. The SMILES string of the molecule is COCc1cc(Cl)ccc1NC(=O)N1CCOC[C@@H]1c1ccc(F)cc1. The van der Waals surface area contributed by atoms with Crippen molar-refractivity contribution in [3.63, 3.8) is 0 Å². The fourth-order valence-corrected chi connectivity index (χ4v) is 3.15. The van der Waals surface area contributed by atoms with Crippen LogP contribution in [0.5, 0.6) is 0 Å². The molecule has 2 amide bonds. The number of hydrogen-bond donors (Lipinski definition) is 1. The van der Waals surface area contributed by atoms with Crippen molar-refractivity contribution in [1.82, 2.24) is 4.90 Å². The van der Waals surface area contributed by atoms with E-state index in [0.717, 1.165) is 11.1 Å². The highest BCUT2D eigenvalue weighted by Crippen LogP contribution is 2.27. The number of benzene rings is 2. The van der Waals surface area contributed by atoms with E-state index in [2.05, 4.69) is 5.32 Å². The largest absolute Gasteiger partial charge is 0.380 e. The molecule has 1 N–H and O–H groups in total. The summed E-state index contributed by atoms with van der Waals surface area (Å²) >= 11 is 6.03. The molecule has 7 heteroatoms. The smallest absolute Gasteiger partial charge is 0.322 e. The van der Waals surface area contributed by atoms with Gasteiger partial charge in [-0.25, -0.2) is 9.18 Å². The number of morpholine rings is 1. The van der Waals surface area contributed by atoms with E-state index in [9.17, 15) is 9.18 Å². The minimum absolute atomic E-state index is 0.248. The van der Waals surface area contributed by atoms with Crippen molar-refractivity contribution in [2.45, 2.75) is 12.6 Å². The third-order valence-electron chi connectivity index (χ3n) is 4.25. The van der Waals surface area contributed by atoms with Crippen molar-refractivity contribution in [2.75, 3.05) is 32.2 Å². The summed E-state index contributed by atoms with van der Waals surface area (Å²) in [7, 11) is 1.58. The molecule has 26 heavy (non-hydrogen) atoms. The number of hydrogen-bond acceptors (Lipinski definition) is 3. The number of carbonyl (C=O) groups is 1. The minimum atomic E-state index is -0.313. The lowest BCUT2D eigenvalue weighted by Gasteiger charge is -2.36. The monoisotopic (exact) mass is 378 g/mol. The fraction of sp³-hybridized carbons (Fsp3) is 0.316. The number of methoxy groups -OCH3 is 1. The molecule has 1 fully saturated rings. The third kappa shape index (κ3) is 4.33. The van der Waals surface area contributed by atoms with E-state index in [1.54, 1.807) is 42.3 Å². The van der Waals surface area contributed by atoms with Gasteiger partial charge >= 0.3 is 6.03 Å². The molecule has 3 rings (SSSR count). The normalized spacial score (nSPS) is 17.2. The molecule has 1 aliphatic rings. The maximum atomic E-state index is 13.2. The average Bonchev–Trinajstić information content (AvgIpc) is 2.65. The number of nitrogens with zero attached hydrogens (tertiary/aromatic N) is 1. The average molecular weight is 379 g/mol. The summed E-state index contributed by atoms with van der Waals surface area (Å²) in [4.78, 5) is 14.6. The van der Waals surface area contributed by atoms with Gasteiger partial charge in [-0.15, -0.1) is 0 Å². The van der Waals surface area contributed by atoms with Gasteiger partial charge in [-0.2, -0.15) is 0 Å². The van der Waals surface area contributed by atoms with Crippen LogP contribution < -0.4 is 5.32 Å². The van der Waals surface area contributed by atoms with E-state index in [1.165, 1.54) is 12.1 Å². The zero-order valence-electron chi connectivity index (χ0n) is 14.4. The molecule has 1 aliphatic heterocycles. The Bertz CT molecular complexity index is 770. The highest BCUT2D eigenvalue weighted by molar-refractivity contribution is 6.30. The van der Waals surface area contributed by atoms with Crippen LogP contribution in [0.15, 0.2) is 42.5 Å². The van der Waals surface area contributed by atoms with Crippen LogP contribution in [0.25, 0.3) is 0 Å². The Kier molecular flexibility index (Phi) is 6.08. The number of nitrogens with one attached hydrogen (secondary N) is 1. The van der Waals surface area contributed by atoms with Crippen LogP contribution in [0.2, 0.25) is 5.02 Å². The maximum Gasteiger partial charge on any atom is 0.322 e. The van der Waals surface area contributed by atoms with Crippen LogP contribution in [-0.2, 0) is 16.1 Å². The molecule has 0 unspecified atom stereocenters. The molecular weight excluding hydrogens is 359 g/mol. The van der Waals surface area contributed by atoms with Gasteiger partial charge in [-0.3, -0.25) is 0 Å². The van der Waals surface area contributed by atoms with Crippen LogP contribution in [-0.4, -0.2) is 37.8 Å². The summed E-state index contributed by atoms with van der Waals surface area (Å²) in [5.74, 6) is -0.313. The summed E-state index contributed by atoms with van der Waals surface area (Å²) in [5, 5.41) is 3.50. The first-order valence-corrected chi connectivity index (χ1v) is 8.64. The number of rotatable bonds is 4. The Morgan fingerprint density at radius 1 is 1.35 bits per heavy atom. The summed E-state index contributed by atoms with van der Waals surface area (Å²) in [6.45, 7) is 1.60. The van der Waals surface area contributed by atoms with Gasteiger partial charge in [-0.1, -0.05) is 23.7 Å². The fourth-order valence-electron chi connectivity index (χ4n) is 2.95. The number of urea groups is 1. The highest BCUT2D eigenvalue weighted by atomic mass is 35.5. The van der Waals surface area contributed by atoms with Crippen LogP contribution in [0, 0.1) is 5.82 Å². The Morgan fingerprint density at radius 3 is 2.85 bits per heavy atom. The molecule has 0 aliphatic carbocycles. The molecule has 2 aromatic rings. The highest BCUT2D eigenvalue weighted by Gasteiger charge is 2.29. The van der Waals surface area contributed by atoms with Gasteiger partial charge in [0.25, 0.3) is 0 Å². The van der Waals surface area contributed by atoms with E-state index < -0.39 is 0 Å². The lowest BCUT2D eigenvalue weighted by atomic mass is 10.1. The first-order valence-electron chi connectivity index (χ1n) is 8.26. The Labute approximate surface area is 156 Å². The summed E-state index contributed by atoms with van der Waals surface area (Å²) in [5.41, 5.74) is 2.26. The lowest BCUT2D eigenvalue weighted by molar-refractivity contribution is 0.0147. The number of anilines is 1. The number of ether oxygens (including phenoxy) is 2. The predicted octanol–water partition coefficient (Wildman–Crippen LogP) is 4.23. The topological polar surface area (TPSA) is 50.8 Å². The number of amides is 2. The molecule has 1 heterocycles. The van der Waals surface area contributed by atoms with E-state index in [0.29, 0.717) is 37.1 Å². The molecule has 1 saturated heterocycles. The van der Waals surface area contributed by atoms with Crippen LogP contribution in [0.3, 0.4) is 0 Å². The third-order valence-corrected chi connectivity index (χ3v) is 4.49. The van der Waals surface area contributed by atoms with E-state index in [1.807, 2.05) is 0 Å². The molecule has 0 spiro atoms. The standard InChI is InChI=1S/C19H20ClFN2O3/c1-25-11-14-10-15(20)4-7-17(14)22-19(24)23-8-9-26-12-18(23)13-2-5-16(21)6-3-13/h2-7,10,18H,8-9,11-12H2,1H3,(H,22,24)/t18-/m1/s1. The van der Waals surface area contributed by atoms with E-state index in [4.69, 9.17) is 21.1 Å². The maximum absolute atomic E-state index is 13.2. The van der Waals surface area contributed by atoms with Crippen molar-refractivity contribution in [3.8, 4) is 0 Å². The number of carbonyl (C=O) groups excluding carboxylic acids is 1. The zero-order chi connectivity index (χ0) is 18.5. The molecule has 5 nitrogen and oxygen atoms in total. The van der Waals surface area contributed by atoms with Gasteiger partial charge in [-0.05, 0) is 35.9 Å². The summed E-state index contributed by atoms with van der Waals surface area (Å²) < 4.78 is 23.9. The Hall–Kier alpha value is -2.15. The van der Waals surface area contributed by atoms with Gasteiger partial charge in [0.05, 0.1) is 25.9 Å². The van der Waals surface area contributed by atoms with Gasteiger partial charge < -0.3 is 19.7 Å². The molecular formula is C19H20ClFN2O3. The molecule has 0 aromatic heterocycles. The van der Waals surface area contributed by atoms with Crippen molar-refractivity contribution in [2.24, 2.45) is 0 Å². The molecule has 0 saturated carbocycles. The molecule has 2 aromatic carbocycles. The summed E-state index contributed by atoms with van der Waals surface area (Å²) in [6.07, 6.45) is 0. The van der Waals surface area contributed by atoms with Crippen LogP contribution in [0.1, 0.15) is 17.2 Å². The van der Waals surface area contributed by atoms with Crippen molar-refractivity contribution >= 4 is 23.3 Å². The predicted molar refractivity (Wildman–Crippen MR) is 97.8 cm³/mol. The van der Waals surface area contributed by atoms with Crippen molar-refractivity contribution in [1.29, 1.82) is 0 Å². The van der Waals surface area contributed by atoms with Crippen molar-refractivity contribution in [3.05, 3.63) is 64.4 Å². The second kappa shape index (κ2) is 8.49. The lowest BCUT2D eigenvalue weighted by Crippen LogP contribution is -2.45. The molecule has 0 radical (unpaired) electrons. The van der Waals surface area contributed by atoms with Crippen LogP contribution in [0.4, 0.5) is 14.9 Å². The van der Waals surface area contributed by atoms with Gasteiger partial charge in [0.2, 0.25) is 0 Å². The van der Waals surface area contributed by atoms with Gasteiger partial charge in [0.15, 0.2) is 0 Å². The van der Waals surface area contributed by atoms with E-state index >= 15 is 0 Å². The van der Waals surface area contributed by atoms with Gasteiger partial charge in [0, 0.05) is 29.9 Å². The van der Waals surface area contributed by atoms with E-state index in [-0.39, 0.29) is 17.9 Å². The quantitative estimate of drug-likeness (QED) is 0.866. The molecule has 1 atom stereocenters. The van der Waals surface area contributed by atoms with Crippen LogP contribution >= 0.6 is 11.6 Å².